The molecule has 0 heterocycles. The summed E-state index contributed by atoms with van der Waals surface area (Å²) in [6, 6.07) is 7.92. The van der Waals surface area contributed by atoms with Gasteiger partial charge in [-0.2, -0.15) is 8.78 Å². The van der Waals surface area contributed by atoms with Crippen molar-refractivity contribution in [2.75, 3.05) is 11.9 Å². The number of nitrogens with one attached hydrogen (secondary N) is 1. The molecular weight excluding hydrogens is 415 g/mol. The van der Waals surface area contributed by atoms with Gasteiger partial charge in [-0.15, -0.1) is 0 Å². The van der Waals surface area contributed by atoms with Crippen molar-refractivity contribution in [1.82, 2.24) is 0 Å². The number of benzene rings is 2. The first-order chi connectivity index (χ1) is 11.3. The molecule has 2 aromatic rings. The molecule has 1 N–H and O–H groups in total. The summed E-state index contributed by atoms with van der Waals surface area (Å²) in [4.78, 5) is 11.8. The van der Waals surface area contributed by atoms with Crippen LogP contribution in [0.2, 0.25) is 5.02 Å². The minimum Gasteiger partial charge on any atom is -0.481 e. The van der Waals surface area contributed by atoms with Gasteiger partial charge in [-0.05, 0) is 36.4 Å². The average Bonchev–Trinajstić information content (AvgIpc) is 2.49. The van der Waals surface area contributed by atoms with Crippen LogP contribution in [0.3, 0.4) is 0 Å². The first-order valence-corrected chi connectivity index (χ1v) is 7.64. The third kappa shape index (κ3) is 5.31. The molecule has 24 heavy (non-hydrogen) atoms. The van der Waals surface area contributed by atoms with Crippen LogP contribution in [0.25, 0.3) is 0 Å². The van der Waals surface area contributed by atoms with Crippen LogP contribution < -0.4 is 14.8 Å². The molecule has 0 radical (unpaired) electrons. The number of alkyl halides is 2. The Morgan fingerprint density at radius 3 is 2.54 bits per heavy atom. The molecule has 0 atom stereocenters. The van der Waals surface area contributed by atoms with Crippen molar-refractivity contribution in [3.63, 3.8) is 0 Å². The first-order valence-electron chi connectivity index (χ1n) is 6.47. The predicted molar refractivity (Wildman–Crippen MR) is 86.3 cm³/mol. The molecule has 0 saturated carbocycles. The third-order valence-electron chi connectivity index (χ3n) is 2.68. The zero-order valence-corrected chi connectivity index (χ0v) is 14.2. The zero-order chi connectivity index (χ0) is 17.7. The smallest absolute Gasteiger partial charge is 0.387 e. The second kappa shape index (κ2) is 8.25. The quantitative estimate of drug-likeness (QED) is 0.720. The maximum absolute atomic E-state index is 13.5. The summed E-state index contributed by atoms with van der Waals surface area (Å²) >= 11 is 8.87. The van der Waals surface area contributed by atoms with Gasteiger partial charge in [0.05, 0.1) is 5.02 Å². The molecule has 4 nitrogen and oxygen atoms in total. The van der Waals surface area contributed by atoms with Crippen molar-refractivity contribution in [2.24, 2.45) is 0 Å². The van der Waals surface area contributed by atoms with Gasteiger partial charge in [0, 0.05) is 10.2 Å². The maximum Gasteiger partial charge on any atom is 0.387 e. The molecule has 2 rings (SSSR count). The Kier molecular flexibility index (Phi) is 6.33. The van der Waals surface area contributed by atoms with Gasteiger partial charge in [-0.3, -0.25) is 4.79 Å². The number of carbonyl (C=O) groups is 1. The molecule has 0 aliphatic heterocycles. The van der Waals surface area contributed by atoms with Gasteiger partial charge in [0.2, 0.25) is 0 Å². The number of rotatable bonds is 6. The number of ether oxygens (including phenoxy) is 2. The van der Waals surface area contributed by atoms with Gasteiger partial charge in [0.15, 0.2) is 18.2 Å². The summed E-state index contributed by atoms with van der Waals surface area (Å²) in [6.07, 6.45) is 0. The summed E-state index contributed by atoms with van der Waals surface area (Å²) in [5, 5.41) is 2.35. The van der Waals surface area contributed by atoms with Gasteiger partial charge >= 0.3 is 6.61 Å². The molecule has 0 saturated heterocycles. The zero-order valence-electron chi connectivity index (χ0n) is 11.9. The van der Waals surface area contributed by atoms with Crippen molar-refractivity contribution >= 4 is 39.1 Å². The largest absolute Gasteiger partial charge is 0.481 e. The minimum absolute atomic E-state index is 0.0768. The lowest BCUT2D eigenvalue weighted by Crippen LogP contribution is -2.20. The average molecular weight is 425 g/mol. The van der Waals surface area contributed by atoms with Crippen molar-refractivity contribution in [3.8, 4) is 11.5 Å². The van der Waals surface area contributed by atoms with Crippen LogP contribution >= 0.6 is 27.5 Å². The van der Waals surface area contributed by atoms with E-state index in [-0.39, 0.29) is 22.2 Å². The van der Waals surface area contributed by atoms with Crippen LogP contribution in [0.15, 0.2) is 40.9 Å². The van der Waals surface area contributed by atoms with Crippen molar-refractivity contribution in [3.05, 3.63) is 51.7 Å². The van der Waals surface area contributed by atoms with Gasteiger partial charge in [-0.1, -0.05) is 27.5 Å². The number of anilines is 1. The summed E-state index contributed by atoms with van der Waals surface area (Å²) in [5.41, 5.74) is 0.256. The standard InChI is InChI=1S/C15H10BrClF3NO3/c16-8-1-3-13(11(18)5-8)23-7-14(22)21-9-2-4-12(10(17)6-9)24-15(19)20/h1-6,15H,7H2,(H,21,22). The highest BCUT2D eigenvalue weighted by Crippen LogP contribution is 2.29. The molecule has 9 heteroatoms. The molecule has 0 aliphatic carbocycles. The van der Waals surface area contributed by atoms with E-state index in [0.717, 1.165) is 0 Å². The number of carbonyl (C=O) groups excluding carboxylic acids is 1. The van der Waals surface area contributed by atoms with Crippen LogP contribution in [-0.4, -0.2) is 19.1 Å². The molecule has 0 spiro atoms. The second-order valence-corrected chi connectivity index (χ2v) is 5.76. The van der Waals surface area contributed by atoms with Gasteiger partial charge < -0.3 is 14.8 Å². The van der Waals surface area contributed by atoms with Gasteiger partial charge in [0.1, 0.15) is 5.75 Å². The highest BCUT2D eigenvalue weighted by atomic mass is 79.9. The lowest BCUT2D eigenvalue weighted by Gasteiger charge is -2.10. The normalized spacial score (nSPS) is 10.6. The second-order valence-electron chi connectivity index (χ2n) is 4.44. The number of halogens is 5. The van der Waals surface area contributed by atoms with Gasteiger partial charge in [0.25, 0.3) is 5.91 Å². The molecule has 128 valence electrons. The summed E-state index contributed by atoms with van der Waals surface area (Å²) < 4.78 is 47.6. The number of hydrogen-bond donors (Lipinski definition) is 1. The van der Waals surface area contributed by atoms with E-state index >= 15 is 0 Å². The molecule has 0 bridgehead atoms. The SMILES string of the molecule is O=C(COc1ccc(Br)cc1F)Nc1ccc(OC(F)F)c(Cl)c1. The van der Waals surface area contributed by atoms with Gasteiger partial charge in [-0.25, -0.2) is 4.39 Å². The Labute approximate surface area is 148 Å². The van der Waals surface area contributed by atoms with Crippen LogP contribution in [0.4, 0.5) is 18.9 Å². The van der Waals surface area contributed by atoms with E-state index in [1.54, 1.807) is 6.07 Å². The van der Waals surface area contributed by atoms with E-state index in [0.29, 0.717) is 4.47 Å². The Hall–Kier alpha value is -1.93. The van der Waals surface area contributed by atoms with Crippen LogP contribution in [0.1, 0.15) is 0 Å². The lowest BCUT2D eigenvalue weighted by atomic mass is 10.3. The van der Waals surface area contributed by atoms with Crippen molar-refractivity contribution in [2.45, 2.75) is 6.61 Å². The summed E-state index contributed by atoms with van der Waals surface area (Å²) in [5.74, 6) is -1.48. The molecule has 1 amide bonds. The van der Waals surface area contributed by atoms with Crippen LogP contribution in [0, 0.1) is 5.82 Å². The molecule has 2 aromatic carbocycles. The lowest BCUT2D eigenvalue weighted by molar-refractivity contribution is -0.118. The predicted octanol–water partition coefficient (Wildman–Crippen LogP) is 4.86. The minimum atomic E-state index is -3.00. The fourth-order valence-electron chi connectivity index (χ4n) is 1.70. The topological polar surface area (TPSA) is 47.6 Å². The summed E-state index contributed by atoms with van der Waals surface area (Å²) in [7, 11) is 0. The monoisotopic (exact) mass is 423 g/mol. The highest BCUT2D eigenvalue weighted by Gasteiger charge is 2.11. The van der Waals surface area contributed by atoms with E-state index in [1.165, 1.54) is 30.3 Å². The molecule has 0 fully saturated rings. The van der Waals surface area contributed by atoms with Crippen molar-refractivity contribution in [1.29, 1.82) is 0 Å². The van der Waals surface area contributed by atoms with E-state index in [9.17, 15) is 18.0 Å². The summed E-state index contributed by atoms with van der Waals surface area (Å²) in [6.45, 7) is -3.44. The van der Waals surface area contributed by atoms with Crippen molar-refractivity contribution < 1.29 is 27.4 Å². The Balaban J connectivity index is 1.93. The van der Waals surface area contributed by atoms with E-state index in [4.69, 9.17) is 16.3 Å². The first kappa shape index (κ1) is 18.4. The van der Waals surface area contributed by atoms with E-state index < -0.39 is 24.9 Å². The van der Waals surface area contributed by atoms with E-state index in [2.05, 4.69) is 26.0 Å². The third-order valence-corrected chi connectivity index (χ3v) is 3.47. The number of amides is 1. The Bertz CT molecular complexity index is 746. The molecule has 0 aromatic heterocycles. The fraction of sp³-hybridized carbons (Fsp3) is 0.133. The Morgan fingerprint density at radius 2 is 1.92 bits per heavy atom. The maximum atomic E-state index is 13.5. The molecule has 0 aliphatic rings. The van der Waals surface area contributed by atoms with Crippen LogP contribution in [0.5, 0.6) is 11.5 Å². The van der Waals surface area contributed by atoms with E-state index in [1.807, 2.05) is 0 Å². The molecule has 0 unspecified atom stereocenters. The molecular formula is C15H10BrClF3NO3. The van der Waals surface area contributed by atoms with Crippen LogP contribution in [-0.2, 0) is 4.79 Å². The Morgan fingerprint density at radius 1 is 1.21 bits per heavy atom. The highest BCUT2D eigenvalue weighted by molar-refractivity contribution is 9.10. The number of hydrogen-bond acceptors (Lipinski definition) is 3. The fourth-order valence-corrected chi connectivity index (χ4v) is 2.26.